The van der Waals surface area contributed by atoms with Crippen LogP contribution in [0.15, 0.2) is 12.1 Å². The minimum Gasteiger partial charge on any atom is -0.507 e. The normalized spacial score (nSPS) is 11.6. The zero-order valence-electron chi connectivity index (χ0n) is 12.8. The van der Waals surface area contributed by atoms with E-state index in [2.05, 4.69) is 5.32 Å². The van der Waals surface area contributed by atoms with Gasteiger partial charge >= 0.3 is 5.97 Å². The smallest absolute Gasteiger partial charge is 0.310 e. The topological polar surface area (TPSA) is 69.6 Å². The summed E-state index contributed by atoms with van der Waals surface area (Å²) >= 11 is 0. The van der Waals surface area contributed by atoms with Gasteiger partial charge in [0.2, 0.25) is 0 Å². The second kappa shape index (κ2) is 6.75. The molecule has 0 fully saturated rings. The second-order valence-electron chi connectivity index (χ2n) is 5.47. The molecule has 0 aromatic heterocycles. The first kappa shape index (κ1) is 16.5. The van der Waals surface area contributed by atoms with Gasteiger partial charge in [0.15, 0.2) is 0 Å². The van der Waals surface area contributed by atoms with Gasteiger partial charge < -0.3 is 15.5 Å². The lowest BCUT2D eigenvalue weighted by Crippen LogP contribution is -2.40. The van der Waals surface area contributed by atoms with Gasteiger partial charge in [-0.15, -0.1) is 0 Å². The molecule has 1 aromatic rings. The minimum absolute atomic E-state index is 0.329. The van der Waals surface area contributed by atoms with Crippen molar-refractivity contribution in [2.24, 2.45) is 5.41 Å². The first-order valence-corrected chi connectivity index (χ1v) is 7.09. The molecule has 0 heterocycles. The van der Waals surface area contributed by atoms with Gasteiger partial charge in [0.25, 0.3) is 0 Å². The first-order valence-electron chi connectivity index (χ1n) is 7.09. The Bertz CT molecular complexity index is 456. The van der Waals surface area contributed by atoms with Crippen molar-refractivity contribution >= 4 is 5.97 Å². The maximum atomic E-state index is 11.4. The van der Waals surface area contributed by atoms with E-state index in [0.29, 0.717) is 31.7 Å². The molecule has 112 valence electrons. The number of phenols is 1. The fourth-order valence-electron chi connectivity index (χ4n) is 2.47. The molecule has 0 unspecified atom stereocenters. The van der Waals surface area contributed by atoms with Gasteiger partial charge in [0.1, 0.15) is 5.75 Å². The fourth-order valence-corrected chi connectivity index (χ4v) is 2.47. The highest BCUT2D eigenvalue weighted by Gasteiger charge is 2.34. The number of aryl methyl sites for hydroxylation is 2. The molecule has 20 heavy (non-hydrogen) atoms. The van der Waals surface area contributed by atoms with Gasteiger partial charge in [0, 0.05) is 13.1 Å². The number of hydrogen-bond donors (Lipinski definition) is 3. The summed E-state index contributed by atoms with van der Waals surface area (Å²) in [7, 11) is 0. The number of benzene rings is 1. The number of rotatable bonds is 7. The van der Waals surface area contributed by atoms with Gasteiger partial charge in [0.05, 0.1) is 5.41 Å². The molecule has 0 saturated carbocycles. The first-order chi connectivity index (χ1) is 9.36. The van der Waals surface area contributed by atoms with Crippen LogP contribution in [-0.4, -0.2) is 22.7 Å². The SMILES string of the molecule is CCC(CC)(CNCc1cc(C)c(O)c(C)c1)C(=O)O. The quantitative estimate of drug-likeness (QED) is 0.717. The summed E-state index contributed by atoms with van der Waals surface area (Å²) in [6.45, 7) is 8.62. The van der Waals surface area contributed by atoms with Crippen LogP contribution in [0, 0.1) is 19.3 Å². The van der Waals surface area contributed by atoms with Crippen LogP contribution in [-0.2, 0) is 11.3 Å². The Balaban J connectivity index is 2.71. The largest absolute Gasteiger partial charge is 0.507 e. The standard InChI is InChI=1S/C16H25NO3/c1-5-16(6-2,15(19)20)10-17-9-13-7-11(3)14(18)12(4)8-13/h7-8,17-18H,5-6,9-10H2,1-4H3,(H,19,20). The maximum Gasteiger partial charge on any atom is 0.310 e. The Morgan fingerprint density at radius 2 is 1.70 bits per heavy atom. The number of nitrogens with one attached hydrogen (secondary N) is 1. The molecular weight excluding hydrogens is 254 g/mol. The van der Waals surface area contributed by atoms with Crippen molar-refractivity contribution in [3.05, 3.63) is 28.8 Å². The number of hydrogen-bond acceptors (Lipinski definition) is 3. The Hall–Kier alpha value is -1.55. The van der Waals surface area contributed by atoms with Crippen LogP contribution in [0.2, 0.25) is 0 Å². The Labute approximate surface area is 120 Å². The zero-order valence-corrected chi connectivity index (χ0v) is 12.8. The molecule has 0 amide bonds. The molecule has 0 aliphatic carbocycles. The molecule has 0 saturated heterocycles. The average Bonchev–Trinajstić information content (AvgIpc) is 2.41. The van der Waals surface area contributed by atoms with Crippen molar-refractivity contribution in [1.82, 2.24) is 5.32 Å². The molecule has 0 bridgehead atoms. The Morgan fingerprint density at radius 1 is 1.20 bits per heavy atom. The summed E-state index contributed by atoms with van der Waals surface area (Å²) in [5.74, 6) is -0.413. The van der Waals surface area contributed by atoms with Gasteiger partial charge in [-0.3, -0.25) is 4.79 Å². The third-order valence-electron chi connectivity index (χ3n) is 4.15. The molecule has 0 aliphatic rings. The van der Waals surface area contributed by atoms with Crippen molar-refractivity contribution in [2.45, 2.75) is 47.1 Å². The van der Waals surface area contributed by atoms with Crippen LogP contribution >= 0.6 is 0 Å². The van der Waals surface area contributed by atoms with E-state index in [1.165, 1.54) is 0 Å². The Kier molecular flexibility index (Phi) is 5.57. The van der Waals surface area contributed by atoms with Crippen molar-refractivity contribution in [3.63, 3.8) is 0 Å². The van der Waals surface area contributed by atoms with Crippen LogP contribution in [0.1, 0.15) is 43.4 Å². The minimum atomic E-state index is -0.743. The van der Waals surface area contributed by atoms with Gasteiger partial charge in [-0.2, -0.15) is 0 Å². The monoisotopic (exact) mass is 279 g/mol. The number of aromatic hydroxyl groups is 1. The van der Waals surface area contributed by atoms with Crippen LogP contribution in [0.3, 0.4) is 0 Å². The van der Waals surface area contributed by atoms with Crippen molar-refractivity contribution in [3.8, 4) is 5.75 Å². The highest BCUT2D eigenvalue weighted by atomic mass is 16.4. The summed E-state index contributed by atoms with van der Waals surface area (Å²) in [5, 5.41) is 22.3. The predicted molar refractivity (Wildman–Crippen MR) is 79.9 cm³/mol. The van der Waals surface area contributed by atoms with E-state index in [1.807, 2.05) is 39.8 Å². The van der Waals surface area contributed by atoms with E-state index in [9.17, 15) is 15.0 Å². The lowest BCUT2D eigenvalue weighted by Gasteiger charge is -2.27. The van der Waals surface area contributed by atoms with Crippen molar-refractivity contribution in [2.75, 3.05) is 6.54 Å². The summed E-state index contributed by atoms with van der Waals surface area (Å²) in [6, 6.07) is 3.85. The van der Waals surface area contributed by atoms with E-state index in [-0.39, 0.29) is 0 Å². The van der Waals surface area contributed by atoms with Crippen molar-refractivity contribution < 1.29 is 15.0 Å². The second-order valence-corrected chi connectivity index (χ2v) is 5.47. The van der Waals surface area contributed by atoms with Gasteiger partial charge in [-0.25, -0.2) is 0 Å². The summed E-state index contributed by atoms with van der Waals surface area (Å²) in [5.41, 5.74) is 2.06. The summed E-state index contributed by atoms with van der Waals surface area (Å²) in [4.78, 5) is 11.4. The van der Waals surface area contributed by atoms with Crippen LogP contribution in [0.4, 0.5) is 0 Å². The van der Waals surface area contributed by atoms with Gasteiger partial charge in [-0.05, 0) is 43.4 Å². The van der Waals surface area contributed by atoms with E-state index in [4.69, 9.17) is 0 Å². The lowest BCUT2D eigenvalue weighted by molar-refractivity contribution is -0.149. The molecule has 0 aliphatic heterocycles. The highest BCUT2D eigenvalue weighted by molar-refractivity contribution is 5.74. The molecule has 4 heteroatoms. The third-order valence-corrected chi connectivity index (χ3v) is 4.15. The fraction of sp³-hybridized carbons (Fsp3) is 0.562. The molecule has 0 radical (unpaired) electrons. The van der Waals surface area contributed by atoms with Gasteiger partial charge in [-0.1, -0.05) is 26.0 Å². The Morgan fingerprint density at radius 3 is 2.10 bits per heavy atom. The van der Waals surface area contributed by atoms with E-state index < -0.39 is 11.4 Å². The van der Waals surface area contributed by atoms with E-state index in [0.717, 1.165) is 16.7 Å². The van der Waals surface area contributed by atoms with Crippen LogP contribution in [0.25, 0.3) is 0 Å². The number of carbonyl (C=O) groups is 1. The third kappa shape index (κ3) is 3.51. The van der Waals surface area contributed by atoms with Crippen LogP contribution in [0.5, 0.6) is 5.75 Å². The molecule has 0 spiro atoms. The average molecular weight is 279 g/mol. The molecule has 1 aromatic carbocycles. The molecule has 4 nitrogen and oxygen atoms in total. The summed E-state index contributed by atoms with van der Waals surface area (Å²) < 4.78 is 0. The predicted octanol–water partition coefficient (Wildman–Crippen LogP) is 2.99. The number of phenolic OH excluding ortho intramolecular Hbond substituents is 1. The molecule has 0 atom stereocenters. The molecule has 3 N–H and O–H groups in total. The zero-order chi connectivity index (χ0) is 15.3. The highest BCUT2D eigenvalue weighted by Crippen LogP contribution is 2.26. The summed E-state index contributed by atoms with van der Waals surface area (Å²) in [6.07, 6.45) is 1.22. The number of carboxylic acid groups (broad SMARTS) is 1. The maximum absolute atomic E-state index is 11.4. The molecule has 1 rings (SSSR count). The van der Waals surface area contributed by atoms with Crippen LogP contribution < -0.4 is 5.32 Å². The molecular formula is C16H25NO3. The van der Waals surface area contributed by atoms with E-state index in [1.54, 1.807) is 0 Å². The van der Waals surface area contributed by atoms with E-state index >= 15 is 0 Å². The number of carboxylic acids is 1. The lowest BCUT2D eigenvalue weighted by atomic mass is 9.82. The van der Waals surface area contributed by atoms with Crippen molar-refractivity contribution in [1.29, 1.82) is 0 Å². The number of aliphatic carboxylic acids is 1.